The van der Waals surface area contributed by atoms with Gasteiger partial charge in [-0.3, -0.25) is 4.72 Å². The zero-order valence-electron chi connectivity index (χ0n) is 39.9. The zero-order chi connectivity index (χ0) is 51.6. The second-order valence-corrected chi connectivity index (χ2v) is 23.1. The number of aliphatic hydroxyl groups is 1. The minimum atomic E-state index is -6.04. The Hall–Kier alpha value is -6.06. The van der Waals surface area contributed by atoms with E-state index in [-0.39, 0.29) is 16.9 Å². The number of hydrogen-bond donors (Lipinski definition) is 4. The van der Waals surface area contributed by atoms with Gasteiger partial charge in [-0.05, 0) is 135 Å². The van der Waals surface area contributed by atoms with Crippen molar-refractivity contribution in [2.45, 2.75) is 64.9 Å². The predicted octanol–water partition coefficient (Wildman–Crippen LogP) is 9.74. The molecule has 0 bridgehead atoms. The second-order valence-electron chi connectivity index (χ2n) is 18.4. The Kier molecular flexibility index (Phi) is 15.4. The molecule has 0 saturated carbocycles. The second kappa shape index (κ2) is 21.2. The molecule has 72 heavy (non-hydrogen) atoms. The van der Waals surface area contributed by atoms with Gasteiger partial charge in [0.15, 0.2) is 0 Å². The first-order chi connectivity index (χ1) is 34.1. The van der Waals surface area contributed by atoms with E-state index >= 15 is 0 Å². The van der Waals surface area contributed by atoms with E-state index in [9.17, 15) is 49.4 Å². The molecule has 0 spiro atoms. The normalized spacial score (nSPS) is 16.1. The molecule has 2 fully saturated rings. The lowest BCUT2D eigenvalue weighted by Gasteiger charge is -2.37. The highest BCUT2D eigenvalue weighted by Gasteiger charge is 2.48. The third kappa shape index (κ3) is 11.7. The summed E-state index contributed by atoms with van der Waals surface area (Å²) in [6.07, 6.45) is 1.53. The predicted molar refractivity (Wildman–Crippen MR) is 275 cm³/mol. The number of sulfone groups is 1. The lowest BCUT2D eigenvalue weighted by Crippen LogP contribution is -2.46. The van der Waals surface area contributed by atoms with Crippen LogP contribution in [0.5, 0.6) is 0 Å². The maximum Gasteiger partial charge on any atom is 0.501 e. The summed E-state index contributed by atoms with van der Waals surface area (Å²) in [6, 6.07) is 31.5. The van der Waals surface area contributed by atoms with E-state index in [2.05, 4.69) is 24.7 Å². The van der Waals surface area contributed by atoms with Crippen LogP contribution in [0, 0.1) is 12.7 Å². The fourth-order valence-corrected chi connectivity index (χ4v) is 12.3. The summed E-state index contributed by atoms with van der Waals surface area (Å²) < 4.78 is 115. The van der Waals surface area contributed by atoms with Crippen molar-refractivity contribution in [2.24, 2.45) is 7.05 Å². The number of rotatable bonds is 17. The number of likely N-dealkylation sites (tertiary alicyclic amines) is 1. The van der Waals surface area contributed by atoms with Gasteiger partial charge in [-0.15, -0.1) is 11.8 Å². The van der Waals surface area contributed by atoms with E-state index in [4.69, 9.17) is 0 Å². The molecule has 8 rings (SSSR count). The van der Waals surface area contributed by atoms with Gasteiger partial charge < -0.3 is 34.8 Å². The third-order valence-electron chi connectivity index (χ3n) is 13.4. The van der Waals surface area contributed by atoms with E-state index in [1.54, 1.807) is 49.7 Å². The van der Waals surface area contributed by atoms with Gasteiger partial charge in [0.1, 0.15) is 10.7 Å². The number of carbonyl (C=O) groups is 1. The first-order valence-electron chi connectivity index (χ1n) is 23.4. The van der Waals surface area contributed by atoms with Crippen molar-refractivity contribution in [3.63, 3.8) is 0 Å². The maximum absolute atomic E-state index is 14.3. The molecular weight excluding hydrogens is 993 g/mol. The fraction of sp³-hybridized carbons (Fsp3) is 0.327. The van der Waals surface area contributed by atoms with E-state index in [0.717, 1.165) is 28.4 Å². The molecule has 4 N–H and O–H groups in total. The number of aromatic carboxylic acids is 1. The molecule has 13 nitrogen and oxygen atoms in total. The van der Waals surface area contributed by atoms with E-state index in [0.29, 0.717) is 105 Å². The summed E-state index contributed by atoms with van der Waals surface area (Å²) in [6.45, 7) is 7.61. The summed E-state index contributed by atoms with van der Waals surface area (Å²) >= 11 is 1.45. The number of anilines is 4. The van der Waals surface area contributed by atoms with E-state index < -0.39 is 58.6 Å². The van der Waals surface area contributed by atoms with Crippen LogP contribution in [0.15, 0.2) is 136 Å². The van der Waals surface area contributed by atoms with Crippen LogP contribution in [0.2, 0.25) is 0 Å². The Labute approximate surface area is 421 Å². The number of benzene rings is 5. The Balaban J connectivity index is 0.960. The van der Waals surface area contributed by atoms with Crippen molar-refractivity contribution >= 4 is 60.3 Å². The van der Waals surface area contributed by atoms with Gasteiger partial charge in [-0.2, -0.15) is 13.2 Å². The summed E-state index contributed by atoms with van der Waals surface area (Å²) in [5.74, 6) is -1.12. The lowest BCUT2D eigenvalue weighted by molar-refractivity contribution is -0.0436. The Bertz CT molecular complexity index is 3120. The topological polar surface area (TPSA) is 165 Å². The van der Waals surface area contributed by atoms with Crippen molar-refractivity contribution < 1.29 is 49.4 Å². The van der Waals surface area contributed by atoms with Crippen LogP contribution in [0.4, 0.5) is 40.3 Å². The minimum Gasteiger partial charge on any atom is -0.478 e. The molecular formula is C52H56F4N6O7S3. The summed E-state index contributed by atoms with van der Waals surface area (Å²) in [4.78, 5) is 18.1. The monoisotopic (exact) mass is 1050 g/mol. The summed E-state index contributed by atoms with van der Waals surface area (Å²) in [7, 11) is -8.86. The maximum atomic E-state index is 14.3. The van der Waals surface area contributed by atoms with Crippen molar-refractivity contribution in [1.29, 1.82) is 0 Å². The lowest BCUT2D eigenvalue weighted by atomic mass is 9.94. The molecule has 0 aliphatic carbocycles. The molecule has 2 aliphatic rings. The highest BCUT2D eigenvalue weighted by Crippen LogP contribution is 2.41. The molecule has 2 aliphatic heterocycles. The van der Waals surface area contributed by atoms with Crippen LogP contribution >= 0.6 is 11.8 Å². The molecule has 1 aromatic heterocycles. The number of piperidine rings is 1. The molecule has 5 aromatic carbocycles. The molecule has 2 saturated heterocycles. The number of alkyl halides is 3. The average molecular weight is 1050 g/mol. The third-order valence-corrected chi connectivity index (χ3v) is 17.5. The number of sulfonamides is 1. The van der Waals surface area contributed by atoms with Gasteiger partial charge in [0.25, 0.3) is 19.9 Å². The van der Waals surface area contributed by atoms with E-state index in [1.807, 2.05) is 54.6 Å². The first kappa shape index (κ1) is 52.3. The van der Waals surface area contributed by atoms with Crippen LogP contribution in [0.25, 0.3) is 22.4 Å². The molecule has 0 amide bonds. The van der Waals surface area contributed by atoms with Crippen molar-refractivity contribution in [1.82, 2.24) is 9.47 Å². The van der Waals surface area contributed by atoms with Gasteiger partial charge in [0, 0.05) is 97.9 Å². The Morgan fingerprint density at radius 3 is 2.06 bits per heavy atom. The fourth-order valence-electron chi connectivity index (χ4n) is 9.19. The van der Waals surface area contributed by atoms with Gasteiger partial charge in [0.05, 0.1) is 27.4 Å². The number of piperazine rings is 1. The molecule has 382 valence electrons. The van der Waals surface area contributed by atoms with Gasteiger partial charge >= 0.3 is 11.5 Å². The number of aromatic nitrogens is 1. The van der Waals surface area contributed by atoms with Crippen LogP contribution in [-0.2, 0) is 26.9 Å². The van der Waals surface area contributed by atoms with Gasteiger partial charge in [-0.1, -0.05) is 30.3 Å². The molecule has 0 radical (unpaired) electrons. The molecule has 6 aromatic rings. The first-order valence-corrected chi connectivity index (χ1v) is 27.3. The zero-order valence-corrected chi connectivity index (χ0v) is 42.3. The summed E-state index contributed by atoms with van der Waals surface area (Å²) in [5.41, 5.74) is -1.87. The minimum absolute atomic E-state index is 0.103. The Morgan fingerprint density at radius 2 is 1.43 bits per heavy atom. The molecule has 3 heterocycles. The van der Waals surface area contributed by atoms with Crippen molar-refractivity contribution in [2.75, 3.05) is 71.4 Å². The van der Waals surface area contributed by atoms with Crippen LogP contribution in [-0.4, -0.2) is 111 Å². The SMILES string of the molecule is Cc1c(C(=O)O)c(-c2cccc(N3CCN(c4ccc(NS(=O)(=O)c5ccc(N[C@H](CCN6CCC(C)(O)CC6)CSc6ccccc6)c(S(=O)(=O)C(F)(F)F)c5)cc4)CC3)c2)c(-c2ccc(F)cc2)n1C. The van der Waals surface area contributed by atoms with E-state index in [1.165, 1.54) is 36.0 Å². The number of nitrogens with zero attached hydrogens (tertiary/aromatic N) is 4. The summed E-state index contributed by atoms with van der Waals surface area (Å²) in [5, 5.41) is 23.8. The Morgan fingerprint density at radius 1 is 0.792 bits per heavy atom. The number of thioether (sulfide) groups is 1. The standard InChI is InChI=1S/C52H56F4N6O7S3/c1-35-47(50(63)64)48(49(59(35)3)36-12-14-38(53)15-13-36)37-8-7-9-42(32-37)62-30-28-61(29-31-62)41-18-16-39(17-19-41)58-72(68,69)44-20-21-45(46(33-44)71(66,67)52(54,55)56)57-40(34-70-43-10-5-4-6-11-43)22-25-60-26-23-51(2,65)24-27-60/h4-21,32-33,40,57-58,65H,22-31,34H2,1-3H3,(H,63,64)/t40-/m1/s1. The quantitative estimate of drug-likeness (QED) is 0.0506. The molecule has 1 atom stereocenters. The van der Waals surface area contributed by atoms with Crippen molar-refractivity contribution in [3.05, 3.63) is 138 Å². The highest BCUT2D eigenvalue weighted by atomic mass is 32.2. The number of carboxylic acid groups (broad SMARTS) is 1. The van der Waals surface area contributed by atoms with Gasteiger partial charge in [0.2, 0.25) is 0 Å². The smallest absolute Gasteiger partial charge is 0.478 e. The van der Waals surface area contributed by atoms with Crippen LogP contribution in [0.1, 0.15) is 42.2 Å². The van der Waals surface area contributed by atoms with Crippen LogP contribution < -0.4 is 19.8 Å². The molecule has 0 unspecified atom stereocenters. The highest BCUT2D eigenvalue weighted by molar-refractivity contribution is 7.99. The van der Waals surface area contributed by atoms with Gasteiger partial charge in [-0.25, -0.2) is 26.0 Å². The van der Waals surface area contributed by atoms with Crippen LogP contribution in [0.3, 0.4) is 0 Å². The van der Waals surface area contributed by atoms with Crippen molar-refractivity contribution in [3.8, 4) is 22.4 Å². The average Bonchev–Trinajstić information content (AvgIpc) is 3.62. The molecule has 20 heteroatoms. The number of nitrogens with one attached hydrogen (secondary N) is 2. The number of hydrogen-bond acceptors (Lipinski definition) is 11. The number of carboxylic acids is 1. The number of halogens is 4. The largest absolute Gasteiger partial charge is 0.501 e.